The summed E-state index contributed by atoms with van der Waals surface area (Å²) in [6, 6.07) is 5.55. The molecule has 17 heavy (non-hydrogen) atoms. The number of aromatic nitrogens is 1. The van der Waals surface area contributed by atoms with E-state index in [2.05, 4.69) is 11.9 Å². The minimum Gasteiger partial charge on any atom is -0.440 e. The van der Waals surface area contributed by atoms with Gasteiger partial charge in [0.2, 0.25) is 5.89 Å². The Balaban J connectivity index is 2.00. The van der Waals surface area contributed by atoms with Gasteiger partial charge in [0.25, 0.3) is 0 Å². The molecule has 0 radical (unpaired) electrons. The maximum atomic E-state index is 5.79. The zero-order valence-corrected chi connectivity index (χ0v) is 9.85. The lowest BCUT2D eigenvalue weighted by Crippen LogP contribution is -2.12. The number of oxazole rings is 1. The van der Waals surface area contributed by atoms with Crippen LogP contribution in [0.25, 0.3) is 11.1 Å². The summed E-state index contributed by atoms with van der Waals surface area (Å²) in [5, 5.41) is 0. The number of nitrogen functional groups attached to an aromatic ring is 1. The maximum absolute atomic E-state index is 5.79. The lowest BCUT2D eigenvalue weighted by atomic mass is 10.00. The number of hydrogen-bond donors (Lipinski definition) is 1. The van der Waals surface area contributed by atoms with Crippen molar-refractivity contribution in [3.05, 3.63) is 24.1 Å². The fourth-order valence-electron chi connectivity index (χ4n) is 2.45. The molecule has 90 valence electrons. The third-order valence-electron chi connectivity index (χ3n) is 3.36. The normalized spacial score (nSPS) is 24.5. The van der Waals surface area contributed by atoms with Crippen molar-refractivity contribution in [2.75, 3.05) is 12.3 Å². The van der Waals surface area contributed by atoms with Gasteiger partial charge in [0, 0.05) is 12.3 Å². The molecule has 1 aliphatic heterocycles. The molecule has 1 fully saturated rings. The van der Waals surface area contributed by atoms with Crippen LogP contribution in [0.3, 0.4) is 0 Å². The van der Waals surface area contributed by atoms with Crippen LogP contribution in [0, 0.1) is 0 Å². The van der Waals surface area contributed by atoms with E-state index in [1.54, 1.807) is 0 Å². The van der Waals surface area contributed by atoms with Crippen molar-refractivity contribution in [3.63, 3.8) is 0 Å². The molecular weight excluding hydrogens is 216 g/mol. The van der Waals surface area contributed by atoms with E-state index in [1.165, 1.54) is 0 Å². The molecule has 0 amide bonds. The third kappa shape index (κ3) is 1.78. The van der Waals surface area contributed by atoms with Crippen molar-refractivity contribution < 1.29 is 9.15 Å². The van der Waals surface area contributed by atoms with Gasteiger partial charge in [0.15, 0.2) is 5.58 Å². The van der Waals surface area contributed by atoms with Crippen molar-refractivity contribution in [1.29, 1.82) is 0 Å². The highest BCUT2D eigenvalue weighted by atomic mass is 16.5. The van der Waals surface area contributed by atoms with E-state index < -0.39 is 0 Å². The number of nitrogens with two attached hydrogens (primary N) is 1. The van der Waals surface area contributed by atoms with E-state index in [-0.39, 0.29) is 12.0 Å². The highest BCUT2D eigenvalue weighted by Gasteiger charge is 2.32. The van der Waals surface area contributed by atoms with Gasteiger partial charge in [0.1, 0.15) is 5.52 Å². The van der Waals surface area contributed by atoms with Crippen molar-refractivity contribution in [3.8, 4) is 0 Å². The molecule has 2 aromatic rings. The number of fused-ring (bicyclic) bond motifs is 1. The lowest BCUT2D eigenvalue weighted by molar-refractivity contribution is 0.0968. The second-order valence-corrected chi connectivity index (χ2v) is 4.49. The first-order valence-corrected chi connectivity index (χ1v) is 6.05. The molecule has 2 N–H and O–H groups in total. The van der Waals surface area contributed by atoms with Gasteiger partial charge >= 0.3 is 0 Å². The minimum absolute atomic E-state index is 0.236. The van der Waals surface area contributed by atoms with Crippen LogP contribution in [0.5, 0.6) is 0 Å². The van der Waals surface area contributed by atoms with Crippen LogP contribution in [0.2, 0.25) is 0 Å². The van der Waals surface area contributed by atoms with Crippen LogP contribution in [-0.4, -0.2) is 17.7 Å². The van der Waals surface area contributed by atoms with Crippen LogP contribution in [0.15, 0.2) is 22.6 Å². The molecule has 1 aromatic heterocycles. The van der Waals surface area contributed by atoms with E-state index in [9.17, 15) is 0 Å². The summed E-state index contributed by atoms with van der Waals surface area (Å²) in [5.41, 5.74) is 8.09. The monoisotopic (exact) mass is 232 g/mol. The topological polar surface area (TPSA) is 61.3 Å². The van der Waals surface area contributed by atoms with Gasteiger partial charge in [-0.3, -0.25) is 0 Å². The first-order chi connectivity index (χ1) is 8.28. The summed E-state index contributed by atoms with van der Waals surface area (Å²) in [6.45, 7) is 2.92. The number of anilines is 1. The first-order valence-electron chi connectivity index (χ1n) is 6.05. The molecular formula is C13H16N2O2. The Morgan fingerprint density at radius 3 is 3.18 bits per heavy atom. The van der Waals surface area contributed by atoms with E-state index in [0.717, 1.165) is 36.4 Å². The fraction of sp³-hybridized carbons (Fsp3) is 0.462. The molecule has 2 heterocycles. The highest BCUT2D eigenvalue weighted by molar-refractivity contribution is 5.76. The highest BCUT2D eigenvalue weighted by Crippen LogP contribution is 2.34. The second kappa shape index (κ2) is 4.04. The van der Waals surface area contributed by atoms with Crippen LogP contribution in [-0.2, 0) is 4.74 Å². The molecule has 0 aliphatic carbocycles. The van der Waals surface area contributed by atoms with Gasteiger partial charge in [-0.2, -0.15) is 0 Å². The Labute approximate surface area is 99.8 Å². The Hall–Kier alpha value is -1.55. The minimum atomic E-state index is 0.236. The standard InChI is InChI=1S/C13H16N2O2/c1-2-11-9(5-6-16-11)13-15-10-7-8(14)3-4-12(10)17-13/h3-4,7,9,11H,2,5-6,14H2,1H3. The van der Waals surface area contributed by atoms with Crippen LogP contribution < -0.4 is 5.73 Å². The predicted molar refractivity (Wildman–Crippen MR) is 65.8 cm³/mol. The lowest BCUT2D eigenvalue weighted by Gasteiger charge is -2.12. The molecule has 1 aliphatic rings. The SMILES string of the molecule is CCC1OCCC1c1nc2cc(N)ccc2o1. The number of hydrogen-bond acceptors (Lipinski definition) is 4. The average molecular weight is 232 g/mol. The maximum Gasteiger partial charge on any atom is 0.201 e. The Kier molecular flexibility index (Phi) is 2.52. The molecule has 3 rings (SSSR count). The molecule has 1 saturated heterocycles. The zero-order chi connectivity index (χ0) is 11.8. The Bertz CT molecular complexity index is 535. The smallest absolute Gasteiger partial charge is 0.201 e. The number of ether oxygens (including phenoxy) is 1. The summed E-state index contributed by atoms with van der Waals surface area (Å²) in [7, 11) is 0. The number of benzene rings is 1. The molecule has 0 spiro atoms. The van der Waals surface area contributed by atoms with Crippen molar-refractivity contribution >= 4 is 16.8 Å². The number of nitrogens with zero attached hydrogens (tertiary/aromatic N) is 1. The van der Waals surface area contributed by atoms with E-state index in [1.807, 2.05) is 18.2 Å². The molecule has 2 atom stereocenters. The van der Waals surface area contributed by atoms with Crippen molar-refractivity contribution in [2.24, 2.45) is 0 Å². The summed E-state index contributed by atoms with van der Waals surface area (Å²) in [4.78, 5) is 4.53. The molecule has 4 nitrogen and oxygen atoms in total. The van der Waals surface area contributed by atoms with Crippen LogP contribution in [0.1, 0.15) is 31.6 Å². The Morgan fingerprint density at radius 1 is 1.47 bits per heavy atom. The van der Waals surface area contributed by atoms with Gasteiger partial charge in [-0.1, -0.05) is 6.92 Å². The van der Waals surface area contributed by atoms with E-state index in [4.69, 9.17) is 14.9 Å². The third-order valence-corrected chi connectivity index (χ3v) is 3.36. The van der Waals surface area contributed by atoms with Gasteiger partial charge in [-0.15, -0.1) is 0 Å². The summed E-state index contributed by atoms with van der Waals surface area (Å²) in [6.07, 6.45) is 2.22. The second-order valence-electron chi connectivity index (χ2n) is 4.49. The van der Waals surface area contributed by atoms with Crippen molar-refractivity contribution in [1.82, 2.24) is 4.98 Å². The molecule has 2 unspecified atom stereocenters. The molecule has 1 aromatic carbocycles. The van der Waals surface area contributed by atoms with E-state index >= 15 is 0 Å². The summed E-state index contributed by atoms with van der Waals surface area (Å²) >= 11 is 0. The zero-order valence-electron chi connectivity index (χ0n) is 9.85. The fourth-order valence-corrected chi connectivity index (χ4v) is 2.45. The predicted octanol–water partition coefficient (Wildman–Crippen LogP) is 2.69. The van der Waals surface area contributed by atoms with Crippen molar-refractivity contribution in [2.45, 2.75) is 31.8 Å². The van der Waals surface area contributed by atoms with Gasteiger partial charge in [-0.05, 0) is 31.0 Å². The first kappa shape index (κ1) is 10.6. The van der Waals surface area contributed by atoms with E-state index in [0.29, 0.717) is 5.69 Å². The number of rotatable bonds is 2. The summed E-state index contributed by atoms with van der Waals surface area (Å²) in [5.74, 6) is 1.07. The van der Waals surface area contributed by atoms with Gasteiger partial charge < -0.3 is 14.9 Å². The summed E-state index contributed by atoms with van der Waals surface area (Å²) < 4.78 is 11.5. The largest absolute Gasteiger partial charge is 0.440 e. The quantitative estimate of drug-likeness (QED) is 0.809. The van der Waals surface area contributed by atoms with Gasteiger partial charge in [0.05, 0.1) is 12.0 Å². The van der Waals surface area contributed by atoms with Crippen LogP contribution in [0.4, 0.5) is 5.69 Å². The average Bonchev–Trinajstić information content (AvgIpc) is 2.93. The molecule has 4 heteroatoms. The Morgan fingerprint density at radius 2 is 2.35 bits per heavy atom. The van der Waals surface area contributed by atoms with Gasteiger partial charge in [-0.25, -0.2) is 4.98 Å². The molecule has 0 saturated carbocycles. The molecule has 0 bridgehead atoms. The van der Waals surface area contributed by atoms with Crippen LogP contribution >= 0.6 is 0 Å².